The zero-order valence-corrected chi connectivity index (χ0v) is 27.2. The van der Waals surface area contributed by atoms with Gasteiger partial charge in [-0.15, -0.1) is 0 Å². The Labute approximate surface area is 275 Å². The summed E-state index contributed by atoms with van der Waals surface area (Å²) in [6.07, 6.45) is 2.75. The number of hydrogen-bond donors (Lipinski definition) is 6. The van der Waals surface area contributed by atoms with Crippen LogP contribution in [0.25, 0.3) is 0 Å². The number of phenolic OH excluding ortho intramolecular Hbond substituents is 1. The lowest BCUT2D eigenvalue weighted by atomic mass is 10.0. The number of nitrogens with two attached hydrogens (primary N) is 2. The van der Waals surface area contributed by atoms with E-state index in [1.807, 2.05) is 42.2 Å². The molecule has 4 aromatic rings. The van der Waals surface area contributed by atoms with E-state index in [1.54, 1.807) is 36.4 Å². The van der Waals surface area contributed by atoms with Gasteiger partial charge in [0.05, 0.1) is 17.1 Å². The second-order valence-electron chi connectivity index (χ2n) is 12.3. The summed E-state index contributed by atoms with van der Waals surface area (Å²) in [6.45, 7) is 4.82. The summed E-state index contributed by atoms with van der Waals surface area (Å²) < 4.78 is 29.1. The standard InChI is InChI=1S/C33H42N10O3S/c1-22-9-12-28(13-10-22)47(45,46)43(19-23-6-3-2-4-7-23)29-14-11-26(17-30(29)44)37-31-39-32(38-27-8-5-15-36-18-27)41-33(40-31)42-20-24(34)16-25(35)21-42/h2-4,6-7,9-14,17,24-25,27,36,44H,5,8,15-16,18-21,34-35H2,1H3,(H2,37,38,39,40,41)/t24-,25+,27?. The Morgan fingerprint density at radius 1 is 0.979 bits per heavy atom. The second kappa shape index (κ2) is 14.1. The molecule has 3 heterocycles. The maximum absolute atomic E-state index is 13.9. The molecular weight excluding hydrogens is 616 g/mol. The quantitative estimate of drug-likeness (QED) is 0.146. The van der Waals surface area contributed by atoms with Gasteiger partial charge in [-0.25, -0.2) is 8.42 Å². The van der Waals surface area contributed by atoms with E-state index in [2.05, 4.69) is 25.9 Å². The first kappa shape index (κ1) is 32.4. The number of rotatable bonds is 10. The smallest absolute Gasteiger partial charge is 0.264 e. The van der Waals surface area contributed by atoms with Crippen molar-refractivity contribution in [1.82, 2.24) is 20.3 Å². The first-order valence-electron chi connectivity index (χ1n) is 15.9. The Morgan fingerprint density at radius 3 is 2.38 bits per heavy atom. The van der Waals surface area contributed by atoms with E-state index in [4.69, 9.17) is 16.5 Å². The Bertz CT molecular complexity index is 1760. The molecule has 0 bridgehead atoms. The lowest BCUT2D eigenvalue weighted by Crippen LogP contribution is -2.53. The van der Waals surface area contributed by atoms with Crippen LogP contribution in [0.15, 0.2) is 77.7 Å². The Balaban J connectivity index is 1.31. The number of nitrogens with zero attached hydrogens (tertiary/aromatic N) is 5. The summed E-state index contributed by atoms with van der Waals surface area (Å²) in [5, 5.41) is 21.3. The average molecular weight is 659 g/mol. The molecule has 1 unspecified atom stereocenters. The van der Waals surface area contributed by atoms with E-state index in [0.29, 0.717) is 30.7 Å². The van der Waals surface area contributed by atoms with Crippen LogP contribution in [-0.2, 0) is 16.6 Å². The molecule has 2 fully saturated rings. The number of aryl methyl sites for hydroxylation is 1. The van der Waals surface area contributed by atoms with Crippen molar-refractivity contribution in [3.8, 4) is 5.75 Å². The van der Waals surface area contributed by atoms with Crippen LogP contribution in [-0.4, -0.2) is 72.8 Å². The van der Waals surface area contributed by atoms with Crippen molar-refractivity contribution in [3.63, 3.8) is 0 Å². The zero-order chi connectivity index (χ0) is 33.0. The van der Waals surface area contributed by atoms with Gasteiger partial charge in [0, 0.05) is 49.5 Å². The molecule has 0 amide bonds. The minimum absolute atomic E-state index is 0.0272. The van der Waals surface area contributed by atoms with Gasteiger partial charge in [-0.1, -0.05) is 48.0 Å². The van der Waals surface area contributed by atoms with Crippen LogP contribution >= 0.6 is 0 Å². The first-order chi connectivity index (χ1) is 22.6. The van der Waals surface area contributed by atoms with Crippen molar-refractivity contribution >= 4 is 39.2 Å². The molecule has 47 heavy (non-hydrogen) atoms. The molecule has 0 aliphatic carbocycles. The normalized spacial score (nSPS) is 20.1. The monoisotopic (exact) mass is 658 g/mol. The number of phenols is 1. The third-order valence-electron chi connectivity index (χ3n) is 8.33. The SMILES string of the molecule is Cc1ccc(S(=O)(=O)N(Cc2ccccc2)c2ccc(Nc3nc(NC4CCCNC4)nc(N4C[C@H](N)C[C@H](N)C4)n3)cc2O)cc1. The van der Waals surface area contributed by atoms with Crippen molar-refractivity contribution in [2.45, 2.75) is 55.8 Å². The lowest BCUT2D eigenvalue weighted by Gasteiger charge is -2.34. The molecule has 248 valence electrons. The van der Waals surface area contributed by atoms with Gasteiger partial charge in [0.15, 0.2) is 0 Å². The Kier molecular flexibility index (Phi) is 9.73. The fraction of sp³-hybridized carbons (Fsp3) is 0.364. The number of hydrogen-bond acceptors (Lipinski definition) is 12. The molecular formula is C33H42N10O3S. The molecule has 2 aliphatic heterocycles. The van der Waals surface area contributed by atoms with Gasteiger partial charge in [-0.05, 0) is 62.6 Å². The highest BCUT2D eigenvalue weighted by molar-refractivity contribution is 7.92. The van der Waals surface area contributed by atoms with Crippen molar-refractivity contribution < 1.29 is 13.5 Å². The number of nitrogens with one attached hydrogen (secondary N) is 3. The summed E-state index contributed by atoms with van der Waals surface area (Å²) in [5.41, 5.74) is 14.9. The summed E-state index contributed by atoms with van der Waals surface area (Å²) in [5.74, 6) is 0.890. The van der Waals surface area contributed by atoms with Crippen LogP contribution < -0.4 is 36.6 Å². The molecule has 0 saturated carbocycles. The first-order valence-corrected chi connectivity index (χ1v) is 17.3. The minimum Gasteiger partial charge on any atom is -0.506 e. The maximum Gasteiger partial charge on any atom is 0.264 e. The van der Waals surface area contributed by atoms with E-state index in [9.17, 15) is 13.5 Å². The number of benzene rings is 3. The van der Waals surface area contributed by atoms with Gasteiger partial charge in [0.2, 0.25) is 17.8 Å². The topological polar surface area (TPSA) is 188 Å². The molecule has 0 spiro atoms. The highest BCUT2D eigenvalue weighted by atomic mass is 32.2. The number of aromatic hydroxyl groups is 1. The van der Waals surface area contributed by atoms with Crippen molar-refractivity contribution in [2.75, 3.05) is 46.0 Å². The van der Waals surface area contributed by atoms with E-state index in [-0.39, 0.29) is 47.0 Å². The number of anilines is 5. The fourth-order valence-electron chi connectivity index (χ4n) is 5.95. The highest BCUT2D eigenvalue weighted by Crippen LogP contribution is 2.36. The van der Waals surface area contributed by atoms with Gasteiger partial charge in [-0.3, -0.25) is 4.31 Å². The molecule has 14 heteroatoms. The van der Waals surface area contributed by atoms with Gasteiger partial charge in [0.25, 0.3) is 10.0 Å². The fourth-order valence-corrected chi connectivity index (χ4v) is 7.42. The highest BCUT2D eigenvalue weighted by Gasteiger charge is 2.29. The molecule has 0 radical (unpaired) electrons. The summed E-state index contributed by atoms with van der Waals surface area (Å²) >= 11 is 0. The molecule has 1 aromatic heterocycles. The predicted octanol–water partition coefficient (Wildman–Crippen LogP) is 3.05. The Hall–Kier alpha value is -4.50. The van der Waals surface area contributed by atoms with Gasteiger partial charge in [-0.2, -0.15) is 15.0 Å². The van der Waals surface area contributed by atoms with Gasteiger partial charge in [0.1, 0.15) is 5.75 Å². The van der Waals surface area contributed by atoms with Crippen LogP contribution in [0.1, 0.15) is 30.4 Å². The molecule has 3 aromatic carbocycles. The molecule has 3 atom stereocenters. The molecule has 6 rings (SSSR count). The van der Waals surface area contributed by atoms with E-state index in [1.165, 1.54) is 10.4 Å². The number of piperidine rings is 2. The number of aromatic nitrogens is 3. The second-order valence-corrected chi connectivity index (χ2v) is 14.1. The van der Waals surface area contributed by atoms with Gasteiger partial charge >= 0.3 is 0 Å². The molecule has 13 nitrogen and oxygen atoms in total. The Morgan fingerprint density at radius 2 is 1.70 bits per heavy atom. The zero-order valence-electron chi connectivity index (χ0n) is 26.4. The molecule has 2 aliphatic rings. The third-order valence-corrected chi connectivity index (χ3v) is 10.1. The van der Waals surface area contributed by atoms with Crippen LogP contribution in [0.4, 0.5) is 29.2 Å². The van der Waals surface area contributed by atoms with Crippen LogP contribution in [0, 0.1) is 6.92 Å². The third kappa shape index (κ3) is 7.91. The van der Waals surface area contributed by atoms with Crippen molar-refractivity contribution in [1.29, 1.82) is 0 Å². The molecule has 2 saturated heterocycles. The van der Waals surface area contributed by atoms with E-state index < -0.39 is 10.0 Å². The van der Waals surface area contributed by atoms with Crippen molar-refractivity contribution in [3.05, 3.63) is 83.9 Å². The van der Waals surface area contributed by atoms with E-state index >= 15 is 0 Å². The summed E-state index contributed by atoms with van der Waals surface area (Å²) in [6, 6.07) is 20.6. The predicted molar refractivity (Wildman–Crippen MR) is 185 cm³/mol. The largest absolute Gasteiger partial charge is 0.506 e. The number of sulfonamides is 1. The minimum atomic E-state index is -4.03. The lowest BCUT2D eigenvalue weighted by molar-refractivity contribution is 0.446. The molecule has 8 N–H and O–H groups in total. The van der Waals surface area contributed by atoms with Crippen molar-refractivity contribution in [2.24, 2.45) is 11.5 Å². The van der Waals surface area contributed by atoms with Gasteiger partial charge < -0.3 is 37.4 Å². The summed E-state index contributed by atoms with van der Waals surface area (Å²) in [4.78, 5) is 16.1. The van der Waals surface area contributed by atoms with Crippen LogP contribution in [0.2, 0.25) is 0 Å². The average Bonchev–Trinajstić information content (AvgIpc) is 3.05. The van der Waals surface area contributed by atoms with Crippen LogP contribution in [0.5, 0.6) is 5.75 Å². The van der Waals surface area contributed by atoms with Crippen LogP contribution in [0.3, 0.4) is 0 Å². The maximum atomic E-state index is 13.9. The van der Waals surface area contributed by atoms with E-state index in [0.717, 1.165) is 43.5 Å². The summed E-state index contributed by atoms with van der Waals surface area (Å²) in [7, 11) is -4.03.